The fourth-order valence-electron chi connectivity index (χ4n) is 1.56. The maximum Gasteiger partial charge on any atom is 0.244 e. The van der Waals surface area contributed by atoms with Gasteiger partial charge in [-0.3, -0.25) is 0 Å². The largest absolute Gasteiger partial charge is 0.308 e. The number of nitrogens with zero attached hydrogens (tertiary/aromatic N) is 3. The normalized spacial score (nSPS) is 11.8. The minimum absolute atomic E-state index is 0.126. The molecule has 2 rings (SSSR count). The third-order valence-electron chi connectivity index (χ3n) is 2.80. The van der Waals surface area contributed by atoms with Crippen molar-refractivity contribution >= 4 is 27.2 Å². The van der Waals surface area contributed by atoms with Gasteiger partial charge in [0.05, 0.1) is 11.2 Å². The summed E-state index contributed by atoms with van der Waals surface area (Å²) in [5.41, 5.74) is 4.90. The number of aromatic nitrogens is 2. The number of thiazole rings is 1. The van der Waals surface area contributed by atoms with Crippen LogP contribution in [0.25, 0.3) is 0 Å². The number of aryl methyl sites for hydroxylation is 1. The Morgan fingerprint density at radius 2 is 2.15 bits per heavy atom. The number of sulfonamides is 1. The lowest BCUT2D eigenvalue weighted by Crippen LogP contribution is -2.26. The maximum absolute atomic E-state index is 12.4. The van der Waals surface area contributed by atoms with Gasteiger partial charge in [-0.15, -0.1) is 11.3 Å². The molecule has 20 heavy (non-hydrogen) atoms. The molecule has 0 aromatic carbocycles. The summed E-state index contributed by atoms with van der Waals surface area (Å²) in [5, 5.41) is 0. The maximum atomic E-state index is 12.4. The lowest BCUT2D eigenvalue weighted by molar-refractivity contribution is 0.468. The van der Waals surface area contributed by atoms with Gasteiger partial charge in [-0.25, -0.2) is 24.2 Å². The summed E-state index contributed by atoms with van der Waals surface area (Å²) in [4.78, 5) is 9.07. The molecule has 108 valence electrons. The highest BCUT2D eigenvalue weighted by atomic mass is 32.2. The zero-order chi connectivity index (χ0) is 14.8. The Kier molecular flexibility index (Phi) is 4.33. The van der Waals surface area contributed by atoms with E-state index in [1.54, 1.807) is 5.51 Å². The molecule has 2 aromatic heterocycles. The van der Waals surface area contributed by atoms with Crippen LogP contribution < -0.4 is 11.3 Å². The predicted molar refractivity (Wildman–Crippen MR) is 77.6 cm³/mol. The summed E-state index contributed by atoms with van der Waals surface area (Å²) in [6, 6.07) is 2.98. The van der Waals surface area contributed by atoms with Crippen LogP contribution in [0, 0.1) is 6.92 Å². The standard InChI is InChI=1S/C11H15N5O2S2/c1-8-10(19-7-14-8)6-16(2)20(17,18)9-3-4-11(15-12)13-5-9/h3-5,7H,6,12H2,1-2H3,(H,13,15). The number of hydrogen-bond donors (Lipinski definition) is 2. The zero-order valence-electron chi connectivity index (χ0n) is 11.1. The Labute approximate surface area is 121 Å². The monoisotopic (exact) mass is 313 g/mol. The van der Waals surface area contributed by atoms with E-state index in [4.69, 9.17) is 5.84 Å². The van der Waals surface area contributed by atoms with E-state index < -0.39 is 10.0 Å². The van der Waals surface area contributed by atoms with Crippen molar-refractivity contribution in [3.05, 3.63) is 34.4 Å². The summed E-state index contributed by atoms with van der Waals surface area (Å²) in [6.45, 7) is 2.14. The Morgan fingerprint density at radius 1 is 1.40 bits per heavy atom. The van der Waals surface area contributed by atoms with Crippen molar-refractivity contribution in [1.82, 2.24) is 14.3 Å². The molecular weight excluding hydrogens is 298 g/mol. The molecule has 0 aliphatic rings. The molecule has 0 bridgehead atoms. The number of nitrogen functional groups attached to an aromatic ring is 1. The van der Waals surface area contributed by atoms with E-state index in [0.717, 1.165) is 10.6 Å². The van der Waals surface area contributed by atoms with E-state index in [2.05, 4.69) is 15.4 Å². The van der Waals surface area contributed by atoms with Gasteiger partial charge in [0.15, 0.2) is 0 Å². The van der Waals surface area contributed by atoms with E-state index in [1.165, 1.54) is 41.0 Å². The van der Waals surface area contributed by atoms with Gasteiger partial charge in [-0.05, 0) is 19.1 Å². The minimum Gasteiger partial charge on any atom is -0.308 e. The van der Waals surface area contributed by atoms with Crippen molar-refractivity contribution in [3.63, 3.8) is 0 Å². The molecular formula is C11H15N5O2S2. The number of hydrogen-bond acceptors (Lipinski definition) is 7. The van der Waals surface area contributed by atoms with Crippen LogP contribution in [0.3, 0.4) is 0 Å². The van der Waals surface area contributed by atoms with E-state index in [1.807, 2.05) is 6.92 Å². The number of rotatable bonds is 5. The zero-order valence-corrected chi connectivity index (χ0v) is 12.7. The van der Waals surface area contributed by atoms with Crippen LogP contribution in [-0.2, 0) is 16.6 Å². The first kappa shape index (κ1) is 14.9. The van der Waals surface area contributed by atoms with Crippen molar-refractivity contribution in [2.24, 2.45) is 5.84 Å². The molecule has 3 N–H and O–H groups in total. The van der Waals surface area contributed by atoms with Gasteiger partial charge < -0.3 is 5.43 Å². The second-order valence-corrected chi connectivity index (χ2v) is 7.13. The molecule has 0 aliphatic carbocycles. The van der Waals surface area contributed by atoms with E-state index in [0.29, 0.717) is 5.82 Å². The third kappa shape index (κ3) is 2.96. The topological polar surface area (TPSA) is 101 Å². The van der Waals surface area contributed by atoms with Crippen molar-refractivity contribution < 1.29 is 8.42 Å². The van der Waals surface area contributed by atoms with Gasteiger partial charge in [0.25, 0.3) is 0 Å². The van der Waals surface area contributed by atoms with E-state index in [9.17, 15) is 8.42 Å². The summed E-state index contributed by atoms with van der Waals surface area (Å²) in [6.07, 6.45) is 1.28. The van der Waals surface area contributed by atoms with Crippen LogP contribution >= 0.6 is 11.3 Å². The number of nitrogens with one attached hydrogen (secondary N) is 1. The van der Waals surface area contributed by atoms with Gasteiger partial charge in [0.1, 0.15) is 10.7 Å². The number of hydrazine groups is 1. The van der Waals surface area contributed by atoms with Crippen molar-refractivity contribution in [1.29, 1.82) is 0 Å². The van der Waals surface area contributed by atoms with Gasteiger partial charge in [-0.1, -0.05) is 0 Å². The van der Waals surface area contributed by atoms with Crippen molar-refractivity contribution in [2.75, 3.05) is 12.5 Å². The first-order valence-corrected chi connectivity index (χ1v) is 8.05. The fourth-order valence-corrected chi connectivity index (χ4v) is 3.56. The highest BCUT2D eigenvalue weighted by Crippen LogP contribution is 2.20. The number of nitrogens with two attached hydrogens (primary N) is 1. The molecule has 2 heterocycles. The minimum atomic E-state index is -3.58. The van der Waals surface area contributed by atoms with Crippen LogP contribution in [-0.4, -0.2) is 29.7 Å². The van der Waals surface area contributed by atoms with Crippen LogP contribution in [0.2, 0.25) is 0 Å². The lowest BCUT2D eigenvalue weighted by Gasteiger charge is -2.16. The molecule has 0 unspecified atom stereocenters. The summed E-state index contributed by atoms with van der Waals surface area (Å²) < 4.78 is 26.1. The molecule has 9 heteroatoms. The van der Waals surface area contributed by atoms with Gasteiger partial charge >= 0.3 is 0 Å². The predicted octanol–water partition coefficient (Wildman–Crippen LogP) is 0.953. The van der Waals surface area contributed by atoms with Crippen molar-refractivity contribution in [3.8, 4) is 0 Å². The SMILES string of the molecule is Cc1ncsc1CN(C)S(=O)(=O)c1ccc(NN)nc1. The molecule has 0 aliphatic heterocycles. The van der Waals surface area contributed by atoms with Crippen molar-refractivity contribution in [2.45, 2.75) is 18.4 Å². The van der Waals surface area contributed by atoms with E-state index >= 15 is 0 Å². The number of anilines is 1. The first-order chi connectivity index (χ1) is 9.45. The second kappa shape index (κ2) is 5.83. The highest BCUT2D eigenvalue weighted by Gasteiger charge is 2.22. The molecule has 0 atom stereocenters. The fraction of sp³-hybridized carbons (Fsp3) is 0.273. The summed E-state index contributed by atoms with van der Waals surface area (Å²) in [7, 11) is -2.04. The lowest BCUT2D eigenvalue weighted by atomic mass is 10.4. The van der Waals surface area contributed by atoms with E-state index in [-0.39, 0.29) is 11.4 Å². The Hall–Kier alpha value is -1.55. The van der Waals surface area contributed by atoms with Crippen LogP contribution in [0.4, 0.5) is 5.82 Å². The van der Waals surface area contributed by atoms with Crippen LogP contribution in [0.15, 0.2) is 28.7 Å². The average molecular weight is 313 g/mol. The molecule has 0 spiro atoms. The van der Waals surface area contributed by atoms with Gasteiger partial charge in [-0.2, -0.15) is 4.31 Å². The molecule has 7 nitrogen and oxygen atoms in total. The van der Waals surface area contributed by atoms with Crippen LogP contribution in [0.1, 0.15) is 10.6 Å². The molecule has 2 aromatic rings. The molecule has 0 saturated carbocycles. The van der Waals surface area contributed by atoms with Crippen LogP contribution in [0.5, 0.6) is 0 Å². The Balaban J connectivity index is 2.22. The number of pyridine rings is 1. The Bertz CT molecular complexity index is 681. The quantitative estimate of drug-likeness (QED) is 0.629. The highest BCUT2D eigenvalue weighted by molar-refractivity contribution is 7.89. The van der Waals surface area contributed by atoms with Gasteiger partial charge in [0.2, 0.25) is 10.0 Å². The Morgan fingerprint density at radius 3 is 2.65 bits per heavy atom. The molecule has 0 radical (unpaired) electrons. The third-order valence-corrected chi connectivity index (χ3v) is 5.51. The molecule has 0 saturated heterocycles. The molecule has 0 fully saturated rings. The first-order valence-electron chi connectivity index (χ1n) is 5.73. The summed E-state index contributed by atoms with van der Waals surface area (Å²) >= 11 is 1.44. The van der Waals surface area contributed by atoms with Gasteiger partial charge in [0, 0.05) is 24.7 Å². The summed E-state index contributed by atoms with van der Waals surface area (Å²) in [5.74, 6) is 5.61. The average Bonchev–Trinajstić information content (AvgIpc) is 2.84. The smallest absolute Gasteiger partial charge is 0.244 e. The molecule has 0 amide bonds. The second-order valence-electron chi connectivity index (χ2n) is 4.15.